The van der Waals surface area contributed by atoms with Crippen molar-refractivity contribution in [3.63, 3.8) is 0 Å². The van der Waals surface area contributed by atoms with Gasteiger partial charge in [-0.05, 0) is 75.0 Å². The number of carbonyl (C=O) groups is 6. The Bertz CT molecular complexity index is 796. The predicted molar refractivity (Wildman–Crippen MR) is 203 cm³/mol. The van der Waals surface area contributed by atoms with E-state index in [9.17, 15) is 44.1 Å². The molecule has 20 heteroatoms. The van der Waals surface area contributed by atoms with Crippen LogP contribution >= 0.6 is 75.8 Å². The van der Waals surface area contributed by atoms with Crippen molar-refractivity contribution >= 4 is 111 Å². The zero-order valence-corrected chi connectivity index (χ0v) is 39.5. The molecule has 3 amide bonds. The van der Waals surface area contributed by atoms with Crippen molar-refractivity contribution in [2.75, 3.05) is 36.9 Å². The molecule has 3 N–H and O–H groups in total. The number of rotatable bonds is 27. The first-order valence-corrected chi connectivity index (χ1v) is 19.4. The number of unbranched alkanes of at least 4 members (excludes halogenated alkanes) is 3. The van der Waals surface area contributed by atoms with E-state index in [1.54, 1.807) is 0 Å². The average molecular weight is 882 g/mol. The van der Waals surface area contributed by atoms with Gasteiger partial charge in [-0.15, -0.1) is 0 Å². The maximum atomic E-state index is 11.1. The van der Waals surface area contributed by atoms with Crippen LogP contribution in [0, 0.1) is 0 Å². The van der Waals surface area contributed by atoms with Crippen LogP contribution in [0.15, 0.2) is 0 Å². The fourth-order valence-corrected chi connectivity index (χ4v) is 6.14. The zero-order valence-electron chi connectivity index (χ0n) is 29.1. The van der Waals surface area contributed by atoms with Gasteiger partial charge in [0.05, 0.1) is 37.5 Å². The van der Waals surface area contributed by atoms with Crippen molar-refractivity contribution in [1.29, 1.82) is 0 Å². The molecule has 0 rings (SSSR count). The van der Waals surface area contributed by atoms with Gasteiger partial charge in [0, 0.05) is 35.0 Å². The summed E-state index contributed by atoms with van der Waals surface area (Å²) in [4.78, 5) is 63.4. The van der Waals surface area contributed by atoms with Gasteiger partial charge < -0.3 is 45.7 Å². The van der Waals surface area contributed by atoms with Crippen LogP contribution in [0.1, 0.15) is 96.3 Å². The molecule has 0 saturated heterocycles. The van der Waals surface area contributed by atoms with Crippen LogP contribution in [0.25, 0.3) is 0 Å². The van der Waals surface area contributed by atoms with Crippen LogP contribution in [0.4, 0.5) is 0 Å². The molecule has 0 aromatic carbocycles. The molecule has 3 atom stereocenters. The molecule has 0 heterocycles. The minimum absolute atomic E-state index is 0. The molecule has 12 nitrogen and oxygen atoms in total. The molecular weight excluding hydrogens is 827 g/mol. The normalized spacial score (nSPS) is 11.6. The number of carboxylic acid groups (broad SMARTS) is 3. The molecule has 0 fully saturated rings. The molecule has 0 radical (unpaired) electrons. The summed E-state index contributed by atoms with van der Waals surface area (Å²) in [5.74, 6) is -2.06. The summed E-state index contributed by atoms with van der Waals surface area (Å²) in [6, 6.07) is 0. The first kappa shape index (κ1) is 59.8. The number of hydrogen-bond donors (Lipinski definition) is 9. The van der Waals surface area contributed by atoms with Gasteiger partial charge in [-0.3, -0.25) is 14.4 Å². The summed E-state index contributed by atoms with van der Waals surface area (Å²) in [5, 5.41) is 38.0. The third-order valence-corrected chi connectivity index (χ3v) is 8.57. The van der Waals surface area contributed by atoms with Crippen LogP contribution in [0.2, 0.25) is 0 Å². The van der Waals surface area contributed by atoms with Gasteiger partial charge in [0.2, 0.25) is 17.7 Å². The van der Waals surface area contributed by atoms with Gasteiger partial charge in [-0.25, -0.2) is 0 Å². The largest absolute Gasteiger partial charge is 2.00 e. The van der Waals surface area contributed by atoms with Gasteiger partial charge in [0.15, 0.2) is 0 Å². The van der Waals surface area contributed by atoms with Crippen molar-refractivity contribution in [1.82, 2.24) is 16.0 Å². The Morgan fingerprint density at radius 3 is 0.840 bits per heavy atom. The van der Waals surface area contributed by atoms with Crippen molar-refractivity contribution < 1.29 is 93.1 Å². The third-order valence-electron chi connectivity index (χ3n) is 6.25. The molecule has 0 aromatic heterocycles. The van der Waals surface area contributed by atoms with Crippen LogP contribution < -0.4 is 60.8 Å². The maximum Gasteiger partial charge on any atom is 2.00 e. The minimum Gasteiger partial charge on any atom is -0.548 e. The monoisotopic (exact) mass is 879 g/mol. The maximum absolute atomic E-state index is 11.1. The standard InChI is InChI=1S/3C10H19NO3S2.Na.Zn/c3*12-9(11-7-10(13)14)4-2-1-3-8(16)5-6-15;;/h3*8,15-16H,1-7H2,(H,11,12)(H,13,14);;/q;;;+1;+2/p-3. The summed E-state index contributed by atoms with van der Waals surface area (Å²) in [6.45, 7) is -1.23. The Morgan fingerprint density at radius 1 is 0.440 bits per heavy atom. The molecular formula is C30H54N3NaO9S6Zn. The summed E-state index contributed by atoms with van der Waals surface area (Å²) in [5.41, 5.74) is 0. The molecule has 0 saturated carbocycles. The first-order chi connectivity index (χ1) is 22.7. The second-order valence-corrected chi connectivity index (χ2v) is 14.2. The number of carboxylic acids is 3. The van der Waals surface area contributed by atoms with E-state index < -0.39 is 37.5 Å². The molecule has 0 spiro atoms. The van der Waals surface area contributed by atoms with Crippen molar-refractivity contribution in [3.8, 4) is 0 Å². The summed E-state index contributed by atoms with van der Waals surface area (Å²) in [7, 11) is 0. The number of carbonyl (C=O) groups excluding carboxylic acids is 6. The quantitative estimate of drug-likeness (QED) is 0.0236. The first-order valence-electron chi connectivity index (χ1n) is 15.9. The summed E-state index contributed by atoms with van der Waals surface area (Å²) >= 11 is 25.4. The SMILES string of the molecule is O=C([O-])CNC(=O)CCCCC(S)CCS.O=C([O-])CNC(=O)CCCCC(S)CCS.O=C([O-])CNC(=O)CCCCC(S)CCS.[Na+].[Zn+2]. The molecule has 3 unspecified atom stereocenters. The van der Waals surface area contributed by atoms with Crippen LogP contribution in [-0.4, -0.2) is 88.3 Å². The van der Waals surface area contributed by atoms with E-state index in [0.717, 1.165) is 94.3 Å². The van der Waals surface area contributed by atoms with Crippen LogP contribution in [0.3, 0.4) is 0 Å². The molecule has 0 aliphatic heterocycles. The summed E-state index contributed by atoms with van der Waals surface area (Å²) < 4.78 is 0. The van der Waals surface area contributed by atoms with E-state index in [2.05, 4.69) is 91.7 Å². The van der Waals surface area contributed by atoms with E-state index in [1.807, 2.05) is 0 Å². The third kappa shape index (κ3) is 52.9. The molecule has 0 bridgehead atoms. The molecule has 0 aliphatic carbocycles. The van der Waals surface area contributed by atoms with Gasteiger partial charge in [0.1, 0.15) is 0 Å². The predicted octanol–water partition coefficient (Wildman–Crippen LogP) is -2.90. The fourth-order valence-electron chi connectivity index (χ4n) is 3.65. The number of hydrogen-bond acceptors (Lipinski definition) is 15. The Labute approximate surface area is 366 Å². The number of amides is 3. The van der Waals surface area contributed by atoms with Crippen LogP contribution in [0.5, 0.6) is 0 Å². The Balaban J connectivity index is -0.000000199. The number of thiol groups is 6. The van der Waals surface area contributed by atoms with Crippen LogP contribution in [-0.2, 0) is 48.2 Å². The fraction of sp³-hybridized carbons (Fsp3) is 0.800. The molecule has 0 aromatic rings. The average Bonchev–Trinajstić information content (AvgIpc) is 3.01. The topological polar surface area (TPSA) is 208 Å². The molecule has 50 heavy (non-hydrogen) atoms. The van der Waals surface area contributed by atoms with Crippen molar-refractivity contribution in [2.45, 2.75) is 112 Å². The van der Waals surface area contributed by atoms with Crippen molar-refractivity contribution in [3.05, 3.63) is 0 Å². The Hall–Kier alpha value is 0.543. The minimum atomic E-state index is -1.27. The Kier molecular flexibility index (Phi) is 52.6. The van der Waals surface area contributed by atoms with E-state index >= 15 is 0 Å². The molecule has 282 valence electrons. The smallest absolute Gasteiger partial charge is 0.548 e. The van der Waals surface area contributed by atoms with E-state index in [-0.39, 0.29) is 66.8 Å². The van der Waals surface area contributed by atoms with Crippen molar-refractivity contribution in [2.24, 2.45) is 0 Å². The van der Waals surface area contributed by atoms with E-state index in [0.29, 0.717) is 35.0 Å². The van der Waals surface area contributed by atoms with Gasteiger partial charge in [-0.2, -0.15) is 75.8 Å². The Morgan fingerprint density at radius 2 is 0.660 bits per heavy atom. The zero-order chi connectivity index (χ0) is 37.2. The van der Waals surface area contributed by atoms with Gasteiger partial charge >= 0.3 is 49.0 Å². The molecule has 0 aliphatic rings. The second kappa shape index (κ2) is 43.9. The summed E-state index contributed by atoms with van der Waals surface area (Å²) in [6.07, 6.45) is 11.8. The van der Waals surface area contributed by atoms with Gasteiger partial charge in [-0.1, -0.05) is 19.3 Å². The number of nitrogens with one attached hydrogen (secondary N) is 3. The van der Waals surface area contributed by atoms with Gasteiger partial charge in [0.25, 0.3) is 0 Å². The van der Waals surface area contributed by atoms with E-state index in [1.165, 1.54) is 0 Å². The number of aliphatic carboxylic acids is 3. The second-order valence-electron chi connectivity index (χ2n) is 10.7. The van der Waals surface area contributed by atoms with E-state index in [4.69, 9.17) is 0 Å².